The van der Waals surface area contributed by atoms with Crippen LogP contribution in [0.25, 0.3) is 0 Å². The molecule has 0 saturated carbocycles. The molecule has 0 bridgehead atoms. The molecular weight excluding hydrogens is 292 g/mol. The van der Waals surface area contributed by atoms with Crippen molar-refractivity contribution in [2.45, 2.75) is 0 Å². The van der Waals surface area contributed by atoms with E-state index in [0.717, 1.165) is 0 Å². The summed E-state index contributed by atoms with van der Waals surface area (Å²) in [6.07, 6.45) is 1.16. The average Bonchev–Trinajstić information content (AvgIpc) is 2.53. The Bertz CT molecular complexity index is 522. The van der Waals surface area contributed by atoms with Gasteiger partial charge < -0.3 is 14.5 Å². The van der Waals surface area contributed by atoms with E-state index in [0.29, 0.717) is 36.8 Å². The number of hydrogen-bond acceptors (Lipinski definition) is 3. The molecule has 0 radical (unpaired) electrons. The van der Waals surface area contributed by atoms with Crippen molar-refractivity contribution in [2.24, 2.45) is 0 Å². The topological polar surface area (TPSA) is 49.9 Å². The highest BCUT2D eigenvalue weighted by Crippen LogP contribution is 2.13. The van der Waals surface area contributed by atoms with Gasteiger partial charge in [0.25, 0.3) is 5.91 Å². The SMILES string of the molecule is C=CCOC(=O)N1CCN(C(=O)c2ccc(Cl)cc2)CC1. The molecule has 1 aromatic rings. The molecule has 1 heterocycles. The standard InChI is InChI=1S/C15H17ClN2O3/c1-2-11-21-15(20)18-9-7-17(8-10-18)14(19)12-3-5-13(16)6-4-12/h2-6H,1,7-11H2. The molecule has 0 aliphatic carbocycles. The summed E-state index contributed by atoms with van der Waals surface area (Å²) in [4.78, 5) is 27.3. The minimum absolute atomic E-state index is 0.0502. The van der Waals surface area contributed by atoms with E-state index >= 15 is 0 Å². The molecule has 0 unspecified atom stereocenters. The Labute approximate surface area is 128 Å². The van der Waals surface area contributed by atoms with Crippen LogP contribution in [0.2, 0.25) is 5.02 Å². The molecule has 0 aromatic heterocycles. The van der Waals surface area contributed by atoms with E-state index in [4.69, 9.17) is 16.3 Å². The Balaban J connectivity index is 1.88. The van der Waals surface area contributed by atoms with Crippen molar-refractivity contribution in [2.75, 3.05) is 32.8 Å². The number of halogens is 1. The molecule has 0 N–H and O–H groups in total. The van der Waals surface area contributed by atoms with Crippen LogP contribution in [-0.2, 0) is 4.74 Å². The van der Waals surface area contributed by atoms with Gasteiger partial charge in [0.15, 0.2) is 0 Å². The van der Waals surface area contributed by atoms with E-state index in [1.807, 2.05) is 0 Å². The molecule has 0 atom stereocenters. The van der Waals surface area contributed by atoms with Crippen LogP contribution in [0.3, 0.4) is 0 Å². The van der Waals surface area contributed by atoms with Crippen molar-refractivity contribution >= 4 is 23.6 Å². The Kier molecular flexibility index (Phi) is 5.22. The second-order valence-electron chi connectivity index (χ2n) is 4.65. The summed E-state index contributed by atoms with van der Waals surface area (Å²) >= 11 is 5.81. The van der Waals surface area contributed by atoms with Gasteiger partial charge in [-0.1, -0.05) is 24.3 Å². The van der Waals surface area contributed by atoms with E-state index in [1.165, 1.54) is 6.08 Å². The summed E-state index contributed by atoms with van der Waals surface area (Å²) in [6, 6.07) is 6.79. The fraction of sp³-hybridized carbons (Fsp3) is 0.333. The molecule has 1 aromatic carbocycles. The molecule has 1 saturated heterocycles. The fourth-order valence-electron chi connectivity index (χ4n) is 2.09. The highest BCUT2D eigenvalue weighted by atomic mass is 35.5. The van der Waals surface area contributed by atoms with Crippen molar-refractivity contribution in [3.05, 3.63) is 47.5 Å². The number of benzene rings is 1. The molecule has 112 valence electrons. The van der Waals surface area contributed by atoms with Gasteiger partial charge >= 0.3 is 6.09 Å². The minimum Gasteiger partial charge on any atom is -0.445 e. The quantitative estimate of drug-likeness (QED) is 0.806. The van der Waals surface area contributed by atoms with Gasteiger partial charge in [0.2, 0.25) is 0 Å². The van der Waals surface area contributed by atoms with E-state index in [9.17, 15) is 9.59 Å². The van der Waals surface area contributed by atoms with Crippen LogP contribution in [0, 0.1) is 0 Å². The minimum atomic E-state index is -0.367. The van der Waals surface area contributed by atoms with Gasteiger partial charge in [-0.2, -0.15) is 0 Å². The first-order valence-electron chi connectivity index (χ1n) is 6.69. The smallest absolute Gasteiger partial charge is 0.410 e. The third-order valence-electron chi connectivity index (χ3n) is 3.24. The number of carbonyl (C=O) groups is 2. The lowest BCUT2D eigenvalue weighted by molar-refractivity contribution is 0.0581. The third kappa shape index (κ3) is 3.98. The largest absolute Gasteiger partial charge is 0.445 e. The zero-order valence-electron chi connectivity index (χ0n) is 11.6. The molecule has 1 aliphatic rings. The normalized spacial score (nSPS) is 14.7. The molecule has 0 spiro atoms. The Hall–Kier alpha value is -2.01. The van der Waals surface area contributed by atoms with Gasteiger partial charge in [-0.3, -0.25) is 4.79 Å². The molecule has 2 amide bonds. The molecule has 1 aliphatic heterocycles. The summed E-state index contributed by atoms with van der Waals surface area (Å²) in [7, 11) is 0. The molecular formula is C15H17ClN2O3. The van der Waals surface area contributed by atoms with Crippen LogP contribution in [0.1, 0.15) is 10.4 Å². The van der Waals surface area contributed by atoms with Gasteiger partial charge in [-0.25, -0.2) is 4.79 Å². The number of rotatable bonds is 3. The molecule has 21 heavy (non-hydrogen) atoms. The number of carbonyl (C=O) groups excluding carboxylic acids is 2. The number of hydrogen-bond donors (Lipinski definition) is 0. The zero-order chi connectivity index (χ0) is 15.2. The maximum absolute atomic E-state index is 12.3. The predicted molar refractivity (Wildman–Crippen MR) is 80.5 cm³/mol. The van der Waals surface area contributed by atoms with E-state index in [1.54, 1.807) is 34.1 Å². The Morgan fingerprint density at radius 2 is 1.71 bits per heavy atom. The van der Waals surface area contributed by atoms with Crippen LogP contribution < -0.4 is 0 Å². The van der Waals surface area contributed by atoms with E-state index in [-0.39, 0.29) is 18.6 Å². The second-order valence-corrected chi connectivity index (χ2v) is 5.09. The zero-order valence-corrected chi connectivity index (χ0v) is 12.4. The highest BCUT2D eigenvalue weighted by Gasteiger charge is 2.25. The summed E-state index contributed by atoms with van der Waals surface area (Å²) < 4.78 is 4.98. The monoisotopic (exact) mass is 308 g/mol. The van der Waals surface area contributed by atoms with Crippen LogP contribution in [0.5, 0.6) is 0 Å². The molecule has 2 rings (SSSR count). The van der Waals surface area contributed by atoms with E-state index < -0.39 is 0 Å². The van der Waals surface area contributed by atoms with Crippen molar-refractivity contribution in [1.29, 1.82) is 0 Å². The van der Waals surface area contributed by atoms with Gasteiger partial charge in [0.1, 0.15) is 6.61 Å². The Morgan fingerprint density at radius 1 is 1.14 bits per heavy atom. The van der Waals surface area contributed by atoms with Crippen molar-refractivity contribution in [3.8, 4) is 0 Å². The maximum atomic E-state index is 12.3. The molecule has 5 nitrogen and oxygen atoms in total. The predicted octanol–water partition coefficient (Wildman–Crippen LogP) is 2.42. The van der Waals surface area contributed by atoms with Gasteiger partial charge in [-0.05, 0) is 24.3 Å². The lowest BCUT2D eigenvalue weighted by Gasteiger charge is -2.34. The van der Waals surface area contributed by atoms with Crippen LogP contribution in [-0.4, -0.2) is 54.6 Å². The van der Waals surface area contributed by atoms with Crippen LogP contribution in [0.4, 0.5) is 4.79 Å². The highest BCUT2D eigenvalue weighted by molar-refractivity contribution is 6.30. The molecule has 1 fully saturated rings. The third-order valence-corrected chi connectivity index (χ3v) is 3.49. The van der Waals surface area contributed by atoms with Crippen molar-refractivity contribution < 1.29 is 14.3 Å². The lowest BCUT2D eigenvalue weighted by atomic mass is 10.2. The first-order valence-corrected chi connectivity index (χ1v) is 7.07. The average molecular weight is 309 g/mol. The van der Waals surface area contributed by atoms with Gasteiger partial charge in [0.05, 0.1) is 0 Å². The number of piperazine rings is 1. The number of nitrogens with zero attached hydrogens (tertiary/aromatic N) is 2. The maximum Gasteiger partial charge on any atom is 0.410 e. The Morgan fingerprint density at radius 3 is 2.29 bits per heavy atom. The first kappa shape index (κ1) is 15.4. The second kappa shape index (κ2) is 7.13. The van der Waals surface area contributed by atoms with Gasteiger partial charge in [-0.15, -0.1) is 0 Å². The summed E-state index contributed by atoms with van der Waals surface area (Å²) in [5.41, 5.74) is 0.599. The van der Waals surface area contributed by atoms with Crippen molar-refractivity contribution in [1.82, 2.24) is 9.80 Å². The fourth-order valence-corrected chi connectivity index (χ4v) is 2.21. The van der Waals surface area contributed by atoms with Crippen molar-refractivity contribution in [3.63, 3.8) is 0 Å². The lowest BCUT2D eigenvalue weighted by Crippen LogP contribution is -2.50. The van der Waals surface area contributed by atoms with E-state index in [2.05, 4.69) is 6.58 Å². The number of amides is 2. The summed E-state index contributed by atoms with van der Waals surface area (Å²) in [5, 5.41) is 0.598. The van der Waals surface area contributed by atoms with Crippen LogP contribution in [0.15, 0.2) is 36.9 Å². The first-order chi connectivity index (χ1) is 10.1. The number of ether oxygens (including phenoxy) is 1. The molecule has 6 heteroatoms. The summed E-state index contributed by atoms with van der Waals surface area (Å²) in [6.45, 7) is 5.61. The summed E-state index contributed by atoms with van der Waals surface area (Å²) in [5.74, 6) is -0.0502. The van der Waals surface area contributed by atoms with Crippen LogP contribution >= 0.6 is 11.6 Å². The van der Waals surface area contributed by atoms with Gasteiger partial charge in [0, 0.05) is 36.8 Å².